The summed E-state index contributed by atoms with van der Waals surface area (Å²) in [5.41, 5.74) is -1.30. The molecular formula is C16H28N2O3. The topological polar surface area (TPSA) is 75.6 Å². The van der Waals surface area contributed by atoms with Crippen LogP contribution < -0.4 is 5.32 Å². The molecule has 5 heteroatoms. The fraction of sp³-hybridized carbons (Fsp3) is 0.750. The molecular weight excluding hydrogens is 268 g/mol. The van der Waals surface area contributed by atoms with Crippen LogP contribution in [0, 0.1) is 10.8 Å². The van der Waals surface area contributed by atoms with Gasteiger partial charge in [0.1, 0.15) is 5.78 Å². The molecule has 0 aliphatic rings. The minimum atomic E-state index is -0.730. The Morgan fingerprint density at radius 1 is 1.10 bits per heavy atom. The van der Waals surface area contributed by atoms with E-state index in [1.165, 1.54) is 13.8 Å². The maximum absolute atomic E-state index is 12.4. The largest absolute Gasteiger partial charge is 0.345 e. The van der Waals surface area contributed by atoms with Crippen LogP contribution in [0.25, 0.3) is 0 Å². The zero-order valence-corrected chi connectivity index (χ0v) is 14.2. The van der Waals surface area contributed by atoms with Crippen LogP contribution in [0.15, 0.2) is 4.99 Å². The molecule has 0 aliphatic carbocycles. The molecule has 0 saturated carbocycles. The highest BCUT2D eigenvalue weighted by Crippen LogP contribution is 2.34. The number of ketones is 2. The van der Waals surface area contributed by atoms with Crippen LogP contribution in [0.2, 0.25) is 0 Å². The Balaban J connectivity index is 4.96. The van der Waals surface area contributed by atoms with Crippen molar-refractivity contribution in [2.24, 2.45) is 15.8 Å². The molecule has 0 aromatic rings. The molecule has 0 aromatic heterocycles. The third kappa shape index (κ3) is 6.19. The number of amides is 1. The summed E-state index contributed by atoms with van der Waals surface area (Å²) in [6.07, 6.45) is 2.41. The molecule has 0 fully saturated rings. The lowest BCUT2D eigenvalue weighted by molar-refractivity contribution is -0.136. The smallest absolute Gasteiger partial charge is 0.226 e. The van der Waals surface area contributed by atoms with E-state index in [0.717, 1.165) is 0 Å². The van der Waals surface area contributed by atoms with Gasteiger partial charge < -0.3 is 10.3 Å². The van der Waals surface area contributed by atoms with Crippen LogP contribution >= 0.6 is 0 Å². The normalized spacial score (nSPS) is 14.0. The maximum Gasteiger partial charge on any atom is 0.226 e. The minimum Gasteiger partial charge on any atom is -0.345 e. The van der Waals surface area contributed by atoms with Crippen molar-refractivity contribution in [3.05, 3.63) is 0 Å². The molecule has 0 aromatic carbocycles. The molecule has 1 amide bonds. The highest BCUT2D eigenvalue weighted by Gasteiger charge is 2.38. The van der Waals surface area contributed by atoms with Crippen molar-refractivity contribution in [2.75, 3.05) is 7.05 Å². The van der Waals surface area contributed by atoms with Gasteiger partial charge in [0, 0.05) is 30.5 Å². The lowest BCUT2D eigenvalue weighted by Gasteiger charge is -2.33. The summed E-state index contributed by atoms with van der Waals surface area (Å²) in [4.78, 5) is 39.5. The van der Waals surface area contributed by atoms with Gasteiger partial charge in [-0.25, -0.2) is 0 Å². The van der Waals surface area contributed by atoms with Gasteiger partial charge in [0.25, 0.3) is 0 Å². The van der Waals surface area contributed by atoms with E-state index in [1.54, 1.807) is 27.1 Å². The summed E-state index contributed by atoms with van der Waals surface area (Å²) in [6, 6.07) is -0.569. The van der Waals surface area contributed by atoms with E-state index in [1.807, 2.05) is 13.8 Å². The molecule has 1 unspecified atom stereocenters. The fourth-order valence-electron chi connectivity index (χ4n) is 2.20. The maximum atomic E-state index is 12.4. The molecule has 0 spiro atoms. The number of rotatable bonds is 8. The Hall–Kier alpha value is -1.52. The number of hydrogen-bond acceptors (Lipinski definition) is 4. The number of hydrogen-bond donors (Lipinski definition) is 1. The highest BCUT2D eigenvalue weighted by molar-refractivity contribution is 5.92. The number of nitrogens with one attached hydrogen (secondary N) is 1. The van der Waals surface area contributed by atoms with Crippen molar-refractivity contribution in [3.63, 3.8) is 0 Å². The molecule has 21 heavy (non-hydrogen) atoms. The Kier molecular flexibility index (Phi) is 6.94. The van der Waals surface area contributed by atoms with Crippen molar-refractivity contribution >= 4 is 23.7 Å². The van der Waals surface area contributed by atoms with Crippen LogP contribution in [0.4, 0.5) is 0 Å². The molecule has 1 N–H and O–H groups in total. The third-order valence-electron chi connectivity index (χ3n) is 3.77. The van der Waals surface area contributed by atoms with Gasteiger partial charge in [-0.05, 0) is 20.3 Å². The van der Waals surface area contributed by atoms with E-state index in [2.05, 4.69) is 10.3 Å². The zero-order chi connectivity index (χ0) is 16.8. The van der Waals surface area contributed by atoms with E-state index in [-0.39, 0.29) is 17.5 Å². The molecule has 0 aliphatic heterocycles. The Morgan fingerprint density at radius 2 is 1.62 bits per heavy atom. The number of carbonyl (C=O) groups is 3. The molecule has 5 nitrogen and oxygen atoms in total. The first-order valence-electron chi connectivity index (χ1n) is 7.17. The van der Waals surface area contributed by atoms with Crippen molar-refractivity contribution in [2.45, 2.75) is 60.4 Å². The fourth-order valence-corrected chi connectivity index (χ4v) is 2.20. The van der Waals surface area contributed by atoms with Crippen LogP contribution in [-0.4, -0.2) is 36.8 Å². The van der Waals surface area contributed by atoms with E-state index >= 15 is 0 Å². The van der Waals surface area contributed by atoms with E-state index < -0.39 is 16.9 Å². The summed E-state index contributed by atoms with van der Waals surface area (Å²) in [5.74, 6) is -0.281. The van der Waals surface area contributed by atoms with Gasteiger partial charge >= 0.3 is 0 Å². The van der Waals surface area contributed by atoms with E-state index in [4.69, 9.17) is 0 Å². The van der Waals surface area contributed by atoms with Crippen LogP contribution in [-0.2, 0) is 14.4 Å². The lowest BCUT2D eigenvalue weighted by atomic mass is 9.72. The quantitative estimate of drug-likeness (QED) is 0.698. The molecule has 0 bridgehead atoms. The molecule has 1 atom stereocenters. The van der Waals surface area contributed by atoms with Gasteiger partial charge in [0.2, 0.25) is 5.91 Å². The average molecular weight is 296 g/mol. The molecule has 0 radical (unpaired) electrons. The van der Waals surface area contributed by atoms with Crippen LogP contribution in [0.1, 0.15) is 54.4 Å². The summed E-state index contributed by atoms with van der Waals surface area (Å²) in [7, 11) is 1.62. The van der Waals surface area contributed by atoms with Gasteiger partial charge in [-0.2, -0.15) is 0 Å². The average Bonchev–Trinajstić information content (AvgIpc) is 2.32. The number of carbonyl (C=O) groups excluding carboxylic acids is 3. The first-order valence-corrected chi connectivity index (χ1v) is 7.17. The number of aliphatic imine (C=N–C) groups is 1. The highest BCUT2D eigenvalue weighted by atomic mass is 16.2. The van der Waals surface area contributed by atoms with Crippen LogP contribution in [0.3, 0.4) is 0 Å². The molecule has 120 valence electrons. The summed E-state index contributed by atoms with van der Waals surface area (Å²) >= 11 is 0. The van der Waals surface area contributed by atoms with Crippen molar-refractivity contribution in [1.29, 1.82) is 0 Å². The molecule has 0 heterocycles. The lowest BCUT2D eigenvalue weighted by Crippen LogP contribution is -2.47. The van der Waals surface area contributed by atoms with Gasteiger partial charge in [0.05, 0.1) is 6.04 Å². The standard InChI is InChI=1S/C16H28N2O3/c1-11(19)13(8-9-17-7)18-14(21)16(5,6)10-15(3,4)12(2)20/h9,13H,8,10H2,1-7H3,(H,18,21)/b17-9+. The monoisotopic (exact) mass is 296 g/mol. The van der Waals surface area contributed by atoms with Gasteiger partial charge in [-0.3, -0.25) is 14.4 Å². The summed E-state index contributed by atoms with van der Waals surface area (Å²) < 4.78 is 0. The first-order chi connectivity index (χ1) is 9.44. The Morgan fingerprint density at radius 3 is 2.00 bits per heavy atom. The molecule has 0 saturated heterocycles. The summed E-state index contributed by atoms with van der Waals surface area (Å²) in [5, 5.41) is 2.76. The predicted octanol–water partition coefficient (Wildman–Crippen LogP) is 2.18. The van der Waals surface area contributed by atoms with Gasteiger partial charge in [0.15, 0.2) is 5.78 Å². The van der Waals surface area contributed by atoms with Crippen molar-refractivity contribution in [3.8, 4) is 0 Å². The van der Waals surface area contributed by atoms with E-state index in [0.29, 0.717) is 12.8 Å². The second-order valence-electron chi connectivity index (χ2n) is 6.81. The molecule has 0 rings (SSSR count). The Labute approximate surface area is 127 Å². The number of nitrogens with zero attached hydrogens (tertiary/aromatic N) is 1. The SMILES string of the molecule is C/N=C/CC(NC(=O)C(C)(C)CC(C)(C)C(C)=O)C(C)=O. The third-order valence-corrected chi connectivity index (χ3v) is 3.77. The second kappa shape index (κ2) is 7.48. The van der Waals surface area contributed by atoms with E-state index in [9.17, 15) is 14.4 Å². The van der Waals surface area contributed by atoms with Gasteiger partial charge in [-0.15, -0.1) is 0 Å². The number of Topliss-reactive ketones (excluding diaryl/α,β-unsaturated/α-hetero) is 2. The first kappa shape index (κ1) is 19.5. The minimum absolute atomic E-state index is 0.0459. The predicted molar refractivity (Wildman–Crippen MR) is 84.5 cm³/mol. The van der Waals surface area contributed by atoms with Crippen molar-refractivity contribution in [1.82, 2.24) is 5.32 Å². The van der Waals surface area contributed by atoms with Gasteiger partial charge in [-0.1, -0.05) is 27.7 Å². The van der Waals surface area contributed by atoms with Crippen molar-refractivity contribution < 1.29 is 14.4 Å². The Bertz CT molecular complexity index is 437. The van der Waals surface area contributed by atoms with Crippen LogP contribution in [0.5, 0.6) is 0 Å². The zero-order valence-electron chi connectivity index (χ0n) is 14.2. The second-order valence-corrected chi connectivity index (χ2v) is 6.81. The summed E-state index contributed by atoms with van der Waals surface area (Å²) in [6.45, 7) is 10.2.